The number of aryl methyl sites for hydroxylation is 1. The SMILES string of the molecule is Cc1ccc(F)cc1S(=O)(=O)N1CCC(N(C)C)C1. The third kappa shape index (κ3) is 2.80. The molecule has 2 rings (SSSR count). The molecule has 1 aromatic rings. The van der Waals surface area contributed by atoms with E-state index >= 15 is 0 Å². The molecule has 4 nitrogen and oxygen atoms in total. The highest BCUT2D eigenvalue weighted by Gasteiger charge is 2.34. The van der Waals surface area contributed by atoms with Crippen LogP contribution < -0.4 is 0 Å². The topological polar surface area (TPSA) is 40.6 Å². The van der Waals surface area contributed by atoms with Gasteiger partial charge in [-0.2, -0.15) is 4.31 Å². The van der Waals surface area contributed by atoms with Gasteiger partial charge in [-0.15, -0.1) is 0 Å². The first kappa shape index (κ1) is 14.4. The van der Waals surface area contributed by atoms with Gasteiger partial charge in [0.05, 0.1) is 4.90 Å². The maximum Gasteiger partial charge on any atom is 0.243 e. The standard InChI is InChI=1S/C13H19FN2O2S/c1-10-4-5-11(14)8-13(10)19(17,18)16-7-6-12(9-16)15(2)3/h4-5,8,12H,6-7,9H2,1-3H3. The van der Waals surface area contributed by atoms with Crippen LogP contribution in [-0.4, -0.2) is 50.8 Å². The average molecular weight is 286 g/mol. The molecule has 1 aliphatic heterocycles. The zero-order chi connectivity index (χ0) is 14.2. The predicted molar refractivity (Wildman–Crippen MR) is 72.0 cm³/mol. The molecule has 0 bridgehead atoms. The fourth-order valence-electron chi connectivity index (χ4n) is 2.34. The van der Waals surface area contributed by atoms with Crippen LogP contribution >= 0.6 is 0 Å². The van der Waals surface area contributed by atoms with Gasteiger partial charge in [0.25, 0.3) is 0 Å². The molecule has 0 aliphatic carbocycles. The van der Waals surface area contributed by atoms with Crippen LogP contribution in [0.1, 0.15) is 12.0 Å². The highest BCUT2D eigenvalue weighted by molar-refractivity contribution is 7.89. The zero-order valence-corrected chi connectivity index (χ0v) is 12.2. The minimum atomic E-state index is -3.59. The molecule has 1 aliphatic rings. The Morgan fingerprint density at radius 2 is 2.05 bits per heavy atom. The van der Waals surface area contributed by atoms with E-state index in [0.717, 1.165) is 12.5 Å². The second-order valence-electron chi connectivity index (χ2n) is 5.18. The molecule has 1 fully saturated rings. The Balaban J connectivity index is 2.31. The summed E-state index contributed by atoms with van der Waals surface area (Å²) in [6.45, 7) is 2.64. The Kier molecular flexibility index (Phi) is 3.94. The minimum absolute atomic E-state index is 0.0758. The first-order chi connectivity index (χ1) is 8.82. The second kappa shape index (κ2) is 5.19. The number of rotatable bonds is 3. The molecule has 19 heavy (non-hydrogen) atoms. The molecule has 6 heteroatoms. The molecular formula is C13H19FN2O2S. The van der Waals surface area contributed by atoms with Crippen LogP contribution in [0, 0.1) is 12.7 Å². The Bertz CT molecular complexity index is 572. The van der Waals surface area contributed by atoms with Crippen molar-refractivity contribution in [2.24, 2.45) is 0 Å². The molecule has 1 heterocycles. The van der Waals surface area contributed by atoms with E-state index in [4.69, 9.17) is 0 Å². The van der Waals surface area contributed by atoms with Gasteiger partial charge in [-0.3, -0.25) is 0 Å². The van der Waals surface area contributed by atoms with E-state index in [1.165, 1.54) is 16.4 Å². The number of nitrogens with zero attached hydrogens (tertiary/aromatic N) is 2. The minimum Gasteiger partial charge on any atom is -0.305 e. The molecule has 0 N–H and O–H groups in total. The maximum atomic E-state index is 13.3. The van der Waals surface area contributed by atoms with Crippen LogP contribution in [0.4, 0.5) is 4.39 Å². The second-order valence-corrected chi connectivity index (χ2v) is 7.09. The predicted octanol–water partition coefficient (Wildman–Crippen LogP) is 1.46. The highest BCUT2D eigenvalue weighted by Crippen LogP contribution is 2.25. The summed E-state index contributed by atoms with van der Waals surface area (Å²) in [5, 5.41) is 0. The van der Waals surface area contributed by atoms with Crippen LogP contribution in [0.3, 0.4) is 0 Å². The van der Waals surface area contributed by atoms with E-state index in [0.29, 0.717) is 18.7 Å². The van der Waals surface area contributed by atoms with Gasteiger partial charge in [-0.1, -0.05) is 6.07 Å². The summed E-state index contributed by atoms with van der Waals surface area (Å²) in [6, 6.07) is 4.11. The van der Waals surface area contributed by atoms with E-state index in [1.807, 2.05) is 19.0 Å². The lowest BCUT2D eigenvalue weighted by Crippen LogP contribution is -2.34. The number of likely N-dealkylation sites (N-methyl/N-ethyl adjacent to an activating group) is 1. The number of halogens is 1. The summed E-state index contributed by atoms with van der Waals surface area (Å²) in [5.41, 5.74) is 0.578. The van der Waals surface area contributed by atoms with Gasteiger partial charge in [0.15, 0.2) is 0 Å². The van der Waals surface area contributed by atoms with Crippen LogP contribution in [0.15, 0.2) is 23.1 Å². The quantitative estimate of drug-likeness (QED) is 0.844. The van der Waals surface area contributed by atoms with Crippen molar-refractivity contribution in [2.75, 3.05) is 27.2 Å². The van der Waals surface area contributed by atoms with Gasteiger partial charge in [0.2, 0.25) is 10.0 Å². The summed E-state index contributed by atoms with van der Waals surface area (Å²) in [6.07, 6.45) is 0.806. The Labute approximate surface area is 113 Å². The smallest absolute Gasteiger partial charge is 0.243 e. The lowest BCUT2D eigenvalue weighted by molar-refractivity contribution is 0.302. The van der Waals surface area contributed by atoms with Crippen molar-refractivity contribution in [3.63, 3.8) is 0 Å². The van der Waals surface area contributed by atoms with E-state index in [1.54, 1.807) is 6.92 Å². The van der Waals surface area contributed by atoms with E-state index in [9.17, 15) is 12.8 Å². The number of sulfonamides is 1. The highest BCUT2D eigenvalue weighted by atomic mass is 32.2. The van der Waals surface area contributed by atoms with Crippen LogP contribution in [0.2, 0.25) is 0 Å². The van der Waals surface area contributed by atoms with Gasteiger partial charge in [-0.25, -0.2) is 12.8 Å². The number of benzene rings is 1. The normalized spacial score (nSPS) is 21.2. The van der Waals surface area contributed by atoms with Gasteiger partial charge in [0, 0.05) is 19.1 Å². The monoisotopic (exact) mass is 286 g/mol. The largest absolute Gasteiger partial charge is 0.305 e. The first-order valence-electron chi connectivity index (χ1n) is 6.25. The molecule has 0 aromatic heterocycles. The fourth-order valence-corrected chi connectivity index (χ4v) is 4.07. The van der Waals surface area contributed by atoms with Gasteiger partial charge >= 0.3 is 0 Å². The van der Waals surface area contributed by atoms with Crippen molar-refractivity contribution >= 4 is 10.0 Å². The van der Waals surface area contributed by atoms with Crippen molar-refractivity contribution in [3.8, 4) is 0 Å². The zero-order valence-electron chi connectivity index (χ0n) is 11.4. The van der Waals surface area contributed by atoms with Crippen molar-refractivity contribution in [1.29, 1.82) is 0 Å². The molecule has 0 saturated carbocycles. The Morgan fingerprint density at radius 1 is 1.37 bits per heavy atom. The number of hydrogen-bond donors (Lipinski definition) is 0. The molecule has 1 unspecified atom stereocenters. The van der Waals surface area contributed by atoms with Gasteiger partial charge in [0.1, 0.15) is 5.82 Å². The van der Waals surface area contributed by atoms with Crippen LogP contribution in [0.25, 0.3) is 0 Å². The molecule has 0 spiro atoms. The Morgan fingerprint density at radius 3 is 2.63 bits per heavy atom. The van der Waals surface area contributed by atoms with E-state index in [-0.39, 0.29) is 10.9 Å². The van der Waals surface area contributed by atoms with Crippen molar-refractivity contribution < 1.29 is 12.8 Å². The molecule has 1 aromatic carbocycles. The summed E-state index contributed by atoms with van der Waals surface area (Å²) in [5.74, 6) is -0.521. The van der Waals surface area contributed by atoms with E-state index < -0.39 is 15.8 Å². The summed E-state index contributed by atoms with van der Waals surface area (Å²) >= 11 is 0. The van der Waals surface area contributed by atoms with Crippen molar-refractivity contribution in [1.82, 2.24) is 9.21 Å². The lowest BCUT2D eigenvalue weighted by atomic mass is 10.2. The third-order valence-electron chi connectivity index (χ3n) is 3.62. The molecule has 0 amide bonds. The summed E-state index contributed by atoms with van der Waals surface area (Å²) in [4.78, 5) is 2.10. The Hall–Kier alpha value is -0.980. The van der Waals surface area contributed by atoms with Gasteiger partial charge < -0.3 is 4.90 Å². The first-order valence-corrected chi connectivity index (χ1v) is 7.69. The average Bonchev–Trinajstić information content (AvgIpc) is 2.82. The van der Waals surface area contributed by atoms with E-state index in [2.05, 4.69) is 0 Å². The number of hydrogen-bond acceptors (Lipinski definition) is 3. The van der Waals surface area contributed by atoms with Crippen LogP contribution in [0.5, 0.6) is 0 Å². The summed E-state index contributed by atoms with van der Waals surface area (Å²) in [7, 11) is 0.286. The molecular weight excluding hydrogens is 267 g/mol. The van der Waals surface area contributed by atoms with Crippen molar-refractivity contribution in [2.45, 2.75) is 24.3 Å². The summed E-state index contributed by atoms with van der Waals surface area (Å²) < 4.78 is 39.8. The molecule has 1 saturated heterocycles. The lowest BCUT2D eigenvalue weighted by Gasteiger charge is -2.21. The molecule has 1 atom stereocenters. The van der Waals surface area contributed by atoms with Crippen LogP contribution in [-0.2, 0) is 10.0 Å². The van der Waals surface area contributed by atoms with Gasteiger partial charge in [-0.05, 0) is 45.1 Å². The fraction of sp³-hybridized carbons (Fsp3) is 0.538. The van der Waals surface area contributed by atoms with Crippen molar-refractivity contribution in [3.05, 3.63) is 29.6 Å². The third-order valence-corrected chi connectivity index (χ3v) is 5.63. The maximum absolute atomic E-state index is 13.3. The molecule has 106 valence electrons. The molecule has 0 radical (unpaired) electrons.